The van der Waals surface area contributed by atoms with Crippen molar-refractivity contribution in [2.75, 3.05) is 0 Å². The van der Waals surface area contributed by atoms with Gasteiger partial charge in [-0.1, -0.05) is 13.8 Å². The number of likely N-dealkylation sites (tertiary alicyclic amines) is 1. The Morgan fingerprint density at radius 3 is 2.48 bits per heavy atom. The second-order valence-corrected chi connectivity index (χ2v) is 6.20. The Kier molecular flexibility index (Phi) is 2.75. The molecule has 1 aromatic heterocycles. The monoisotopic (exact) mass is 291 g/mol. The lowest BCUT2D eigenvalue weighted by atomic mass is 10.1. The minimum absolute atomic E-state index is 0.0550. The molecule has 3 amide bonds. The number of nitrogen functional groups attached to an aromatic ring is 1. The molecule has 1 aliphatic heterocycles. The van der Waals surface area contributed by atoms with Crippen molar-refractivity contribution in [3.8, 4) is 0 Å². The van der Waals surface area contributed by atoms with Gasteiger partial charge in [-0.3, -0.25) is 24.7 Å². The first-order chi connectivity index (χ1) is 9.78. The summed E-state index contributed by atoms with van der Waals surface area (Å²) in [6, 6.07) is 1.51. The number of hydrogen-bond donors (Lipinski definition) is 2. The van der Waals surface area contributed by atoms with Gasteiger partial charge in [0.15, 0.2) is 0 Å². The minimum atomic E-state index is -0.467. The number of piperidine rings is 1. The van der Waals surface area contributed by atoms with Crippen molar-refractivity contribution in [1.82, 2.24) is 10.3 Å². The van der Waals surface area contributed by atoms with Crippen LogP contribution in [0.3, 0.4) is 0 Å². The zero-order valence-electron chi connectivity index (χ0n) is 12.1. The second kappa shape index (κ2) is 4.17. The van der Waals surface area contributed by atoms with E-state index in [4.69, 9.17) is 10.3 Å². The van der Waals surface area contributed by atoms with Crippen molar-refractivity contribution >= 4 is 17.7 Å². The van der Waals surface area contributed by atoms with Crippen molar-refractivity contribution in [3.05, 3.63) is 23.2 Å². The van der Waals surface area contributed by atoms with Gasteiger partial charge in [-0.05, 0) is 18.4 Å². The molecule has 3 N–H and O–H groups in total. The maximum absolute atomic E-state index is 12.2. The zero-order chi connectivity index (χ0) is 15.5. The summed E-state index contributed by atoms with van der Waals surface area (Å²) in [4.78, 5) is 37.2. The molecule has 1 aromatic rings. The van der Waals surface area contributed by atoms with E-state index in [0.29, 0.717) is 17.1 Å². The maximum atomic E-state index is 12.2. The first kappa shape index (κ1) is 13.8. The van der Waals surface area contributed by atoms with Gasteiger partial charge in [-0.15, -0.1) is 0 Å². The van der Waals surface area contributed by atoms with Gasteiger partial charge in [-0.2, -0.15) is 0 Å². The van der Waals surface area contributed by atoms with Crippen LogP contribution in [-0.4, -0.2) is 22.6 Å². The van der Waals surface area contributed by atoms with Crippen LogP contribution in [0, 0.1) is 24.2 Å². The molecule has 21 heavy (non-hydrogen) atoms. The SMILES string of the molecule is Cc1oc(CN2C(=O)C3C(C2=O)C3(C)C)cc1C(=O)NN. The van der Waals surface area contributed by atoms with Gasteiger partial charge >= 0.3 is 0 Å². The normalized spacial score (nSPS) is 26.0. The zero-order valence-corrected chi connectivity index (χ0v) is 12.1. The summed E-state index contributed by atoms with van der Waals surface area (Å²) in [5.74, 6) is 4.67. The molecule has 2 heterocycles. The van der Waals surface area contributed by atoms with E-state index in [1.54, 1.807) is 6.92 Å². The van der Waals surface area contributed by atoms with Crippen molar-refractivity contribution in [2.24, 2.45) is 23.1 Å². The average molecular weight is 291 g/mol. The van der Waals surface area contributed by atoms with E-state index in [9.17, 15) is 14.4 Å². The number of nitrogens with two attached hydrogens (primary N) is 1. The van der Waals surface area contributed by atoms with E-state index in [0.717, 1.165) is 0 Å². The Labute approximate surface area is 121 Å². The number of furan rings is 1. The summed E-state index contributed by atoms with van der Waals surface area (Å²) in [6.07, 6.45) is 0. The molecule has 3 rings (SSSR count). The van der Waals surface area contributed by atoms with Gasteiger partial charge < -0.3 is 4.42 Å². The van der Waals surface area contributed by atoms with E-state index in [2.05, 4.69) is 0 Å². The fourth-order valence-electron chi connectivity index (χ4n) is 3.24. The van der Waals surface area contributed by atoms with Gasteiger partial charge in [0.05, 0.1) is 23.9 Å². The van der Waals surface area contributed by atoms with Crippen LogP contribution in [0.25, 0.3) is 0 Å². The number of nitrogens with one attached hydrogen (secondary N) is 1. The largest absolute Gasteiger partial charge is 0.464 e. The highest BCUT2D eigenvalue weighted by molar-refractivity contribution is 6.10. The van der Waals surface area contributed by atoms with E-state index in [1.165, 1.54) is 11.0 Å². The van der Waals surface area contributed by atoms with Crippen LogP contribution >= 0.6 is 0 Å². The molecule has 2 atom stereocenters. The Bertz CT molecular complexity index is 637. The Morgan fingerprint density at radius 1 is 1.38 bits per heavy atom. The number of imide groups is 1. The summed E-state index contributed by atoms with van der Waals surface area (Å²) in [5.41, 5.74) is 2.10. The third-order valence-corrected chi connectivity index (χ3v) is 4.55. The Hall–Kier alpha value is -2.15. The number of hydrogen-bond acceptors (Lipinski definition) is 5. The smallest absolute Gasteiger partial charge is 0.268 e. The van der Waals surface area contributed by atoms with Gasteiger partial charge in [0.2, 0.25) is 11.8 Å². The quantitative estimate of drug-likeness (QED) is 0.361. The molecule has 2 aliphatic rings. The molecule has 0 aromatic carbocycles. The van der Waals surface area contributed by atoms with Crippen LogP contribution in [0.5, 0.6) is 0 Å². The molecule has 1 saturated heterocycles. The average Bonchev–Trinajstić information content (AvgIpc) is 2.67. The highest BCUT2D eigenvalue weighted by atomic mass is 16.3. The predicted octanol–water partition coefficient (Wildman–Crippen LogP) is 0.333. The molecule has 0 radical (unpaired) electrons. The summed E-state index contributed by atoms with van der Waals surface area (Å²) in [5, 5.41) is 0. The number of carbonyl (C=O) groups excluding carboxylic acids is 3. The second-order valence-electron chi connectivity index (χ2n) is 6.20. The molecule has 112 valence electrons. The van der Waals surface area contributed by atoms with Crippen molar-refractivity contribution in [3.63, 3.8) is 0 Å². The number of nitrogens with zero attached hydrogens (tertiary/aromatic N) is 1. The molecule has 7 heteroatoms. The summed E-state index contributed by atoms with van der Waals surface area (Å²) >= 11 is 0. The van der Waals surface area contributed by atoms with Crippen LogP contribution < -0.4 is 11.3 Å². The predicted molar refractivity (Wildman–Crippen MR) is 71.4 cm³/mol. The van der Waals surface area contributed by atoms with Crippen LogP contribution in [0.4, 0.5) is 0 Å². The molecule has 1 saturated carbocycles. The Balaban J connectivity index is 1.79. The Morgan fingerprint density at radius 2 is 1.95 bits per heavy atom. The molecular weight excluding hydrogens is 274 g/mol. The van der Waals surface area contributed by atoms with Gasteiger partial charge in [0.1, 0.15) is 11.5 Å². The summed E-state index contributed by atoms with van der Waals surface area (Å²) in [6.45, 7) is 5.54. The maximum Gasteiger partial charge on any atom is 0.268 e. The first-order valence-electron chi connectivity index (χ1n) is 6.74. The third kappa shape index (κ3) is 1.80. The van der Waals surface area contributed by atoms with E-state index < -0.39 is 5.91 Å². The highest BCUT2D eigenvalue weighted by Crippen LogP contribution is 2.63. The lowest BCUT2D eigenvalue weighted by Crippen LogP contribution is -2.35. The van der Waals surface area contributed by atoms with Crippen molar-refractivity contribution in [2.45, 2.75) is 27.3 Å². The molecular formula is C14H17N3O4. The molecule has 0 spiro atoms. The standard InChI is InChI=1S/C14H17N3O4/c1-6-8(11(18)16-15)4-7(21-6)5-17-12(19)9-10(13(17)20)14(9,2)3/h4,9-10H,5,15H2,1-3H3,(H,16,18). The summed E-state index contributed by atoms with van der Waals surface area (Å²) < 4.78 is 5.44. The van der Waals surface area contributed by atoms with Crippen molar-refractivity contribution in [1.29, 1.82) is 0 Å². The first-order valence-corrected chi connectivity index (χ1v) is 6.74. The number of carbonyl (C=O) groups is 3. The lowest BCUT2D eigenvalue weighted by molar-refractivity contribution is -0.144. The summed E-state index contributed by atoms with van der Waals surface area (Å²) in [7, 11) is 0. The molecule has 2 fully saturated rings. The number of rotatable bonds is 3. The van der Waals surface area contributed by atoms with Crippen LogP contribution in [0.1, 0.15) is 35.7 Å². The lowest BCUT2D eigenvalue weighted by Gasteiger charge is -2.19. The number of fused-ring (bicyclic) bond motifs is 1. The van der Waals surface area contributed by atoms with E-state index in [-0.39, 0.29) is 35.6 Å². The van der Waals surface area contributed by atoms with Crippen molar-refractivity contribution < 1.29 is 18.8 Å². The highest BCUT2D eigenvalue weighted by Gasteiger charge is 2.72. The number of amides is 3. The molecule has 1 aliphatic carbocycles. The molecule has 2 unspecified atom stereocenters. The minimum Gasteiger partial charge on any atom is -0.464 e. The third-order valence-electron chi connectivity index (χ3n) is 4.55. The van der Waals surface area contributed by atoms with Crippen LogP contribution in [0.2, 0.25) is 0 Å². The van der Waals surface area contributed by atoms with Gasteiger partial charge in [0, 0.05) is 0 Å². The fourth-order valence-corrected chi connectivity index (χ4v) is 3.24. The van der Waals surface area contributed by atoms with E-state index >= 15 is 0 Å². The van der Waals surface area contributed by atoms with E-state index in [1.807, 2.05) is 19.3 Å². The van der Waals surface area contributed by atoms with Gasteiger partial charge in [-0.25, -0.2) is 5.84 Å². The van der Waals surface area contributed by atoms with Gasteiger partial charge in [0.25, 0.3) is 5.91 Å². The number of hydrazine groups is 1. The topological polar surface area (TPSA) is 106 Å². The van der Waals surface area contributed by atoms with Crippen LogP contribution in [-0.2, 0) is 16.1 Å². The molecule has 0 bridgehead atoms. The van der Waals surface area contributed by atoms with Crippen LogP contribution in [0.15, 0.2) is 10.5 Å². The molecule has 7 nitrogen and oxygen atoms in total. The fraction of sp³-hybridized carbons (Fsp3) is 0.500. The number of aryl methyl sites for hydroxylation is 1.